The highest BCUT2D eigenvalue weighted by atomic mass is 79.9. The summed E-state index contributed by atoms with van der Waals surface area (Å²) in [6.07, 6.45) is 5.02. The molecule has 1 N–H and O–H groups in total. The maximum absolute atomic E-state index is 8.88. The van der Waals surface area contributed by atoms with Gasteiger partial charge in [-0.3, -0.25) is 0 Å². The first kappa shape index (κ1) is 12.4. The van der Waals surface area contributed by atoms with Crippen molar-refractivity contribution in [1.29, 1.82) is 0 Å². The van der Waals surface area contributed by atoms with E-state index in [4.69, 9.17) is 9.94 Å². The van der Waals surface area contributed by atoms with Gasteiger partial charge in [-0.2, -0.15) is 0 Å². The molecule has 2 rings (SSSR count). The first-order chi connectivity index (χ1) is 8.20. The minimum absolute atomic E-state index is 0.307. The van der Waals surface area contributed by atoms with Crippen LogP contribution >= 0.6 is 15.9 Å². The Morgan fingerprint density at radius 3 is 2.76 bits per heavy atom. The van der Waals surface area contributed by atoms with E-state index in [1.54, 1.807) is 6.92 Å². The molecule has 0 unspecified atom stereocenters. The molecule has 1 aromatic carbocycles. The minimum atomic E-state index is 0.307. The van der Waals surface area contributed by atoms with E-state index in [2.05, 4.69) is 21.1 Å². The van der Waals surface area contributed by atoms with Gasteiger partial charge in [0.1, 0.15) is 5.75 Å². The molecular formula is C13H16BrNO2. The molecular weight excluding hydrogens is 282 g/mol. The summed E-state index contributed by atoms with van der Waals surface area (Å²) >= 11 is 3.41. The highest BCUT2D eigenvalue weighted by molar-refractivity contribution is 9.10. The monoisotopic (exact) mass is 297 g/mol. The third-order valence-electron chi connectivity index (χ3n) is 3.08. The van der Waals surface area contributed by atoms with Crippen molar-refractivity contribution in [3.8, 4) is 5.75 Å². The summed E-state index contributed by atoms with van der Waals surface area (Å²) in [5.74, 6) is 0.801. The number of halogens is 1. The van der Waals surface area contributed by atoms with Crippen molar-refractivity contribution in [2.45, 2.75) is 38.7 Å². The average molecular weight is 298 g/mol. The van der Waals surface area contributed by atoms with Gasteiger partial charge in [-0.1, -0.05) is 21.1 Å². The highest BCUT2D eigenvalue weighted by Gasteiger charge is 2.18. The van der Waals surface area contributed by atoms with Gasteiger partial charge in [0.05, 0.1) is 11.8 Å². The van der Waals surface area contributed by atoms with Gasteiger partial charge < -0.3 is 9.94 Å². The molecule has 0 aromatic heterocycles. The summed E-state index contributed by atoms with van der Waals surface area (Å²) in [5.41, 5.74) is 1.41. The summed E-state index contributed by atoms with van der Waals surface area (Å²) in [4.78, 5) is 0. The van der Waals surface area contributed by atoms with Crippen LogP contribution in [0.3, 0.4) is 0 Å². The van der Waals surface area contributed by atoms with Gasteiger partial charge in [-0.15, -0.1) is 0 Å². The van der Waals surface area contributed by atoms with E-state index in [9.17, 15) is 0 Å². The van der Waals surface area contributed by atoms with Crippen molar-refractivity contribution >= 4 is 21.6 Å². The molecule has 92 valence electrons. The van der Waals surface area contributed by atoms with Crippen LogP contribution in [0.25, 0.3) is 0 Å². The zero-order chi connectivity index (χ0) is 12.3. The Balaban J connectivity index is 2.25. The Morgan fingerprint density at radius 1 is 1.41 bits per heavy atom. The molecule has 1 fully saturated rings. The standard InChI is InChI=1S/C13H16BrNO2/c1-9(15-16)12-8-10(14)6-7-13(12)17-11-4-2-3-5-11/h6-8,11,16H,2-5H2,1H3. The first-order valence-electron chi connectivity index (χ1n) is 5.86. The number of nitrogens with zero attached hydrogens (tertiary/aromatic N) is 1. The van der Waals surface area contributed by atoms with Crippen molar-refractivity contribution in [3.05, 3.63) is 28.2 Å². The van der Waals surface area contributed by atoms with Crippen LogP contribution in [0.1, 0.15) is 38.2 Å². The topological polar surface area (TPSA) is 41.8 Å². The lowest BCUT2D eigenvalue weighted by molar-refractivity contribution is 0.209. The van der Waals surface area contributed by atoms with E-state index in [1.165, 1.54) is 12.8 Å². The van der Waals surface area contributed by atoms with Gasteiger partial charge in [0.2, 0.25) is 0 Å². The van der Waals surface area contributed by atoms with E-state index in [0.29, 0.717) is 11.8 Å². The maximum atomic E-state index is 8.88. The zero-order valence-corrected chi connectivity index (χ0v) is 11.4. The molecule has 0 aliphatic heterocycles. The summed E-state index contributed by atoms with van der Waals surface area (Å²) in [5, 5.41) is 12.1. The molecule has 1 saturated carbocycles. The third kappa shape index (κ3) is 3.00. The molecule has 0 spiro atoms. The van der Waals surface area contributed by atoms with Crippen LogP contribution < -0.4 is 4.74 Å². The molecule has 17 heavy (non-hydrogen) atoms. The maximum Gasteiger partial charge on any atom is 0.128 e. The largest absolute Gasteiger partial charge is 0.490 e. The van der Waals surface area contributed by atoms with Crippen LogP contribution in [0.4, 0.5) is 0 Å². The van der Waals surface area contributed by atoms with Crippen molar-refractivity contribution in [1.82, 2.24) is 0 Å². The Morgan fingerprint density at radius 2 is 2.12 bits per heavy atom. The average Bonchev–Trinajstić information content (AvgIpc) is 2.83. The molecule has 0 heterocycles. The molecule has 0 amide bonds. The number of rotatable bonds is 3. The van der Waals surface area contributed by atoms with E-state index in [1.807, 2.05) is 18.2 Å². The smallest absolute Gasteiger partial charge is 0.128 e. The molecule has 1 aliphatic carbocycles. The molecule has 3 nitrogen and oxygen atoms in total. The van der Waals surface area contributed by atoms with Gasteiger partial charge in [0.15, 0.2) is 0 Å². The van der Waals surface area contributed by atoms with Gasteiger partial charge in [0, 0.05) is 10.0 Å². The lowest BCUT2D eigenvalue weighted by Gasteiger charge is -2.16. The summed E-state index contributed by atoms with van der Waals surface area (Å²) < 4.78 is 6.92. The second kappa shape index (κ2) is 5.54. The fraction of sp³-hybridized carbons (Fsp3) is 0.462. The van der Waals surface area contributed by atoms with Crippen LogP contribution in [0, 0.1) is 0 Å². The van der Waals surface area contributed by atoms with Crippen molar-refractivity contribution in [2.75, 3.05) is 0 Å². The molecule has 1 aromatic rings. The number of hydrogen-bond acceptors (Lipinski definition) is 3. The molecule has 4 heteroatoms. The second-order valence-corrected chi connectivity index (χ2v) is 5.27. The normalized spacial score (nSPS) is 17.4. The Kier molecular flexibility index (Phi) is 4.05. The predicted octanol–water partition coefficient (Wildman–Crippen LogP) is 3.97. The van der Waals surface area contributed by atoms with Gasteiger partial charge in [-0.05, 0) is 50.8 Å². The van der Waals surface area contributed by atoms with Crippen LogP contribution in [-0.4, -0.2) is 17.0 Å². The SMILES string of the molecule is CC(=NO)c1cc(Br)ccc1OC1CCCC1. The first-order valence-corrected chi connectivity index (χ1v) is 6.65. The predicted molar refractivity (Wildman–Crippen MR) is 71.0 cm³/mol. The number of hydrogen-bond donors (Lipinski definition) is 1. The van der Waals surface area contributed by atoms with Crippen molar-refractivity contribution < 1.29 is 9.94 Å². The molecule has 0 atom stereocenters. The number of ether oxygens (including phenoxy) is 1. The van der Waals surface area contributed by atoms with E-state index in [0.717, 1.165) is 28.6 Å². The van der Waals surface area contributed by atoms with Crippen LogP contribution in [0.5, 0.6) is 5.75 Å². The van der Waals surface area contributed by atoms with Crippen molar-refractivity contribution in [2.24, 2.45) is 5.16 Å². The lowest BCUT2D eigenvalue weighted by Crippen LogP contribution is -2.13. The second-order valence-electron chi connectivity index (χ2n) is 4.35. The Bertz CT molecular complexity index is 425. The minimum Gasteiger partial charge on any atom is -0.490 e. The Labute approximate surface area is 110 Å². The van der Waals surface area contributed by atoms with Crippen LogP contribution in [-0.2, 0) is 0 Å². The fourth-order valence-electron chi connectivity index (χ4n) is 2.13. The quantitative estimate of drug-likeness (QED) is 0.521. The van der Waals surface area contributed by atoms with Gasteiger partial charge in [0.25, 0.3) is 0 Å². The zero-order valence-electron chi connectivity index (χ0n) is 9.82. The summed E-state index contributed by atoms with van der Waals surface area (Å²) in [7, 11) is 0. The highest BCUT2D eigenvalue weighted by Crippen LogP contribution is 2.29. The van der Waals surface area contributed by atoms with Gasteiger partial charge in [-0.25, -0.2) is 0 Å². The molecule has 0 bridgehead atoms. The van der Waals surface area contributed by atoms with Gasteiger partial charge >= 0.3 is 0 Å². The third-order valence-corrected chi connectivity index (χ3v) is 3.57. The summed E-state index contributed by atoms with van der Waals surface area (Å²) in [6, 6.07) is 5.78. The van der Waals surface area contributed by atoms with E-state index in [-0.39, 0.29) is 0 Å². The summed E-state index contributed by atoms with van der Waals surface area (Å²) in [6.45, 7) is 1.77. The van der Waals surface area contributed by atoms with Crippen molar-refractivity contribution in [3.63, 3.8) is 0 Å². The van der Waals surface area contributed by atoms with E-state index >= 15 is 0 Å². The molecule has 1 aliphatic rings. The number of benzene rings is 1. The number of oxime groups is 1. The lowest BCUT2D eigenvalue weighted by atomic mass is 10.1. The van der Waals surface area contributed by atoms with Crippen LogP contribution in [0.2, 0.25) is 0 Å². The molecule has 0 radical (unpaired) electrons. The fourth-order valence-corrected chi connectivity index (χ4v) is 2.49. The Hall–Kier alpha value is -1.03. The van der Waals surface area contributed by atoms with E-state index < -0.39 is 0 Å². The molecule has 0 saturated heterocycles. The van der Waals surface area contributed by atoms with Crippen LogP contribution in [0.15, 0.2) is 27.8 Å².